The summed E-state index contributed by atoms with van der Waals surface area (Å²) in [6.45, 7) is 0.605. The van der Waals surface area contributed by atoms with Gasteiger partial charge in [0, 0.05) is 17.5 Å². The number of rotatable bonds is 10. The van der Waals surface area contributed by atoms with Gasteiger partial charge >= 0.3 is 0 Å². The molecule has 0 atom stereocenters. The third-order valence-electron chi connectivity index (χ3n) is 5.44. The molecule has 0 heterocycles. The molecule has 4 aromatic carbocycles. The molecule has 0 aliphatic carbocycles. The molecule has 0 spiro atoms. The van der Waals surface area contributed by atoms with E-state index in [0.717, 1.165) is 22.3 Å². The van der Waals surface area contributed by atoms with Crippen molar-refractivity contribution in [3.05, 3.63) is 125 Å². The van der Waals surface area contributed by atoms with Gasteiger partial charge in [-0.05, 0) is 22.8 Å². The Kier molecular flexibility index (Phi) is 7.62. The van der Waals surface area contributed by atoms with E-state index in [1.807, 2.05) is 84.9 Å². The fourth-order valence-corrected chi connectivity index (χ4v) is 3.76. The van der Waals surface area contributed by atoms with Crippen LogP contribution in [0.2, 0.25) is 0 Å². The first-order chi connectivity index (χ1) is 16.3. The Balaban J connectivity index is 1.72. The third kappa shape index (κ3) is 5.73. The van der Waals surface area contributed by atoms with Gasteiger partial charge in [-0.1, -0.05) is 91.0 Å². The summed E-state index contributed by atoms with van der Waals surface area (Å²) in [7, 11) is 1.63. The van der Waals surface area contributed by atoms with Gasteiger partial charge in [0.2, 0.25) is 0 Å². The Morgan fingerprint density at radius 3 is 1.67 bits per heavy atom. The van der Waals surface area contributed by atoms with Crippen molar-refractivity contribution in [1.82, 2.24) is 0 Å². The van der Waals surface area contributed by atoms with Crippen LogP contribution in [0.25, 0.3) is 0 Å². The maximum Gasteiger partial charge on any atom is 0.168 e. The van der Waals surface area contributed by atoms with Crippen LogP contribution in [0.5, 0.6) is 17.2 Å². The maximum absolute atomic E-state index is 10.1. The molecule has 4 nitrogen and oxygen atoms in total. The Labute approximate surface area is 195 Å². The van der Waals surface area contributed by atoms with Crippen LogP contribution < -0.4 is 14.2 Å². The van der Waals surface area contributed by atoms with E-state index in [1.165, 1.54) is 0 Å². The lowest BCUT2D eigenvalue weighted by Gasteiger charge is -2.21. The largest absolute Gasteiger partial charge is 0.492 e. The van der Waals surface area contributed by atoms with Gasteiger partial charge in [-0.25, -0.2) is 0 Å². The van der Waals surface area contributed by atoms with Crippen molar-refractivity contribution in [2.24, 2.45) is 0 Å². The van der Waals surface area contributed by atoms with Crippen molar-refractivity contribution < 1.29 is 19.3 Å². The van der Waals surface area contributed by atoms with Gasteiger partial charge in [-0.2, -0.15) is 0 Å². The predicted molar refractivity (Wildman–Crippen MR) is 130 cm³/mol. The minimum atomic E-state index is -0.187. The first-order valence-corrected chi connectivity index (χ1v) is 11.0. The smallest absolute Gasteiger partial charge is 0.168 e. The molecule has 168 valence electrons. The lowest BCUT2D eigenvalue weighted by atomic mass is 10.00. The van der Waals surface area contributed by atoms with Gasteiger partial charge in [0.25, 0.3) is 0 Å². The molecule has 4 aromatic rings. The van der Waals surface area contributed by atoms with Crippen LogP contribution in [0, 0.1) is 0 Å². The molecule has 0 fully saturated rings. The Morgan fingerprint density at radius 1 is 0.636 bits per heavy atom. The highest BCUT2D eigenvalue weighted by atomic mass is 16.5. The van der Waals surface area contributed by atoms with Crippen LogP contribution >= 0.6 is 0 Å². The number of hydrogen-bond donors (Lipinski definition) is 1. The topological polar surface area (TPSA) is 47.9 Å². The Hall–Kier alpha value is -3.76. The molecule has 0 bridgehead atoms. The van der Waals surface area contributed by atoms with Crippen LogP contribution in [0.15, 0.2) is 97.1 Å². The standard InChI is InChI=1S/C29H28O4/c1-31-29-26(17-22-11-5-2-6-12-22)27(32-20-23-13-7-3-8-14-23)18-25(19-30)28(29)33-21-24-15-9-4-10-16-24/h2-16,18,30H,17,19-21H2,1H3. The molecule has 0 unspecified atom stereocenters. The van der Waals surface area contributed by atoms with Crippen LogP contribution in [-0.2, 0) is 26.2 Å². The average molecular weight is 441 g/mol. The fourth-order valence-electron chi connectivity index (χ4n) is 3.76. The third-order valence-corrected chi connectivity index (χ3v) is 5.44. The fraction of sp³-hybridized carbons (Fsp3) is 0.172. The minimum absolute atomic E-state index is 0.187. The van der Waals surface area contributed by atoms with Gasteiger partial charge in [0.15, 0.2) is 11.5 Å². The maximum atomic E-state index is 10.1. The van der Waals surface area contributed by atoms with E-state index in [4.69, 9.17) is 14.2 Å². The summed E-state index contributed by atoms with van der Waals surface area (Å²) in [5, 5.41) is 10.1. The molecule has 0 aliphatic heterocycles. The number of ether oxygens (including phenoxy) is 3. The molecule has 0 saturated carbocycles. The van der Waals surface area contributed by atoms with Crippen molar-refractivity contribution >= 4 is 0 Å². The van der Waals surface area contributed by atoms with E-state index in [2.05, 4.69) is 12.1 Å². The summed E-state index contributed by atoms with van der Waals surface area (Å²) in [6, 6.07) is 32.0. The second-order valence-corrected chi connectivity index (χ2v) is 7.74. The molecule has 33 heavy (non-hydrogen) atoms. The van der Waals surface area contributed by atoms with Gasteiger partial charge < -0.3 is 19.3 Å². The zero-order chi connectivity index (χ0) is 22.9. The highest BCUT2D eigenvalue weighted by Gasteiger charge is 2.22. The SMILES string of the molecule is COc1c(Cc2ccccc2)c(OCc2ccccc2)cc(CO)c1OCc1ccccc1. The summed E-state index contributed by atoms with van der Waals surface area (Å²) in [5.74, 6) is 1.81. The predicted octanol–water partition coefficient (Wildman–Crippen LogP) is 5.94. The quantitative estimate of drug-likeness (QED) is 0.332. The van der Waals surface area contributed by atoms with E-state index in [9.17, 15) is 5.11 Å². The molecule has 0 saturated heterocycles. The zero-order valence-electron chi connectivity index (χ0n) is 18.7. The Bertz CT molecular complexity index is 1140. The molecular formula is C29H28O4. The monoisotopic (exact) mass is 440 g/mol. The van der Waals surface area contributed by atoms with E-state index in [-0.39, 0.29) is 6.61 Å². The molecule has 0 aliphatic rings. The summed E-state index contributed by atoms with van der Waals surface area (Å²) in [4.78, 5) is 0. The van der Waals surface area contributed by atoms with E-state index in [0.29, 0.717) is 42.4 Å². The van der Waals surface area contributed by atoms with E-state index >= 15 is 0 Å². The highest BCUT2D eigenvalue weighted by Crippen LogP contribution is 2.43. The average Bonchev–Trinajstić information content (AvgIpc) is 2.88. The van der Waals surface area contributed by atoms with Crippen LogP contribution in [0.3, 0.4) is 0 Å². The number of hydrogen-bond acceptors (Lipinski definition) is 4. The first kappa shape index (κ1) is 22.4. The molecule has 0 radical (unpaired) electrons. The van der Waals surface area contributed by atoms with Crippen molar-refractivity contribution in [2.45, 2.75) is 26.2 Å². The second kappa shape index (κ2) is 11.2. The number of aliphatic hydroxyl groups excluding tert-OH is 1. The van der Waals surface area contributed by atoms with Crippen molar-refractivity contribution in [3.8, 4) is 17.2 Å². The highest BCUT2D eigenvalue weighted by molar-refractivity contribution is 5.59. The van der Waals surface area contributed by atoms with Crippen LogP contribution in [-0.4, -0.2) is 12.2 Å². The van der Waals surface area contributed by atoms with E-state index < -0.39 is 0 Å². The summed E-state index contributed by atoms with van der Waals surface area (Å²) in [5.41, 5.74) is 4.75. The van der Waals surface area contributed by atoms with Crippen molar-refractivity contribution in [1.29, 1.82) is 0 Å². The van der Waals surface area contributed by atoms with E-state index in [1.54, 1.807) is 7.11 Å². The lowest BCUT2D eigenvalue weighted by Crippen LogP contribution is -2.07. The summed E-state index contributed by atoms with van der Waals surface area (Å²) >= 11 is 0. The van der Waals surface area contributed by atoms with Crippen LogP contribution in [0.1, 0.15) is 27.8 Å². The van der Waals surface area contributed by atoms with Crippen molar-refractivity contribution in [2.75, 3.05) is 7.11 Å². The lowest BCUT2D eigenvalue weighted by molar-refractivity contribution is 0.244. The van der Waals surface area contributed by atoms with Gasteiger partial charge in [-0.3, -0.25) is 0 Å². The molecule has 4 heteroatoms. The van der Waals surface area contributed by atoms with Gasteiger partial charge in [0.05, 0.1) is 13.7 Å². The Morgan fingerprint density at radius 2 is 1.15 bits per heavy atom. The zero-order valence-corrected chi connectivity index (χ0v) is 18.7. The normalized spacial score (nSPS) is 10.6. The minimum Gasteiger partial charge on any atom is -0.492 e. The number of benzene rings is 4. The van der Waals surface area contributed by atoms with Crippen LogP contribution in [0.4, 0.5) is 0 Å². The molecule has 4 rings (SSSR count). The molecular weight excluding hydrogens is 412 g/mol. The van der Waals surface area contributed by atoms with Gasteiger partial charge in [0.1, 0.15) is 19.0 Å². The summed E-state index contributed by atoms with van der Waals surface area (Å²) in [6.07, 6.45) is 0.613. The number of methoxy groups -OCH3 is 1. The first-order valence-electron chi connectivity index (χ1n) is 11.0. The molecule has 0 aromatic heterocycles. The number of aliphatic hydroxyl groups is 1. The summed E-state index contributed by atoms with van der Waals surface area (Å²) < 4.78 is 18.3. The van der Waals surface area contributed by atoms with Gasteiger partial charge in [-0.15, -0.1) is 0 Å². The molecule has 1 N–H and O–H groups in total. The second-order valence-electron chi connectivity index (χ2n) is 7.74. The van der Waals surface area contributed by atoms with Crippen molar-refractivity contribution in [3.63, 3.8) is 0 Å². The molecule has 0 amide bonds.